The minimum absolute atomic E-state index is 0.0572. The number of methoxy groups -OCH3 is 1. The second-order valence-electron chi connectivity index (χ2n) is 2.42. The van der Waals surface area contributed by atoms with Gasteiger partial charge in [-0.15, -0.1) is 0 Å². The summed E-state index contributed by atoms with van der Waals surface area (Å²) in [7, 11) is 1.21. The van der Waals surface area contributed by atoms with Gasteiger partial charge in [-0.3, -0.25) is 0 Å². The Labute approximate surface area is 93.6 Å². The van der Waals surface area contributed by atoms with E-state index < -0.39 is 11.8 Å². The maximum absolute atomic E-state index is 13.2. The molecule has 0 aliphatic heterocycles. The highest BCUT2D eigenvalue weighted by Crippen LogP contribution is 2.18. The van der Waals surface area contributed by atoms with Crippen LogP contribution in [0, 0.1) is 20.7 Å². The summed E-state index contributed by atoms with van der Waals surface area (Å²) in [5.74, 6) is -1.33. The van der Waals surface area contributed by atoms with Crippen LogP contribution < -0.4 is 0 Å². The summed E-state index contributed by atoms with van der Waals surface area (Å²) in [4.78, 5) is 11.0. The Morgan fingerprint density at radius 3 is 2.71 bits per heavy atom. The van der Waals surface area contributed by atoms with Crippen molar-refractivity contribution in [3.8, 4) is 6.07 Å². The second kappa shape index (κ2) is 4.37. The molecule has 0 spiro atoms. The molecule has 0 fully saturated rings. The lowest BCUT2D eigenvalue weighted by atomic mass is 10.1. The van der Waals surface area contributed by atoms with E-state index in [2.05, 4.69) is 4.74 Å². The molecular weight excluding hydrogens is 300 g/mol. The molecule has 1 aromatic rings. The van der Waals surface area contributed by atoms with Crippen LogP contribution in [-0.4, -0.2) is 13.1 Å². The van der Waals surface area contributed by atoms with Crippen LogP contribution in [0.1, 0.15) is 15.9 Å². The molecule has 0 radical (unpaired) electrons. The number of halogens is 2. The highest BCUT2D eigenvalue weighted by Gasteiger charge is 2.13. The third-order valence-corrected chi connectivity index (χ3v) is 2.43. The van der Waals surface area contributed by atoms with Gasteiger partial charge in [0.25, 0.3) is 0 Å². The van der Waals surface area contributed by atoms with Gasteiger partial charge in [0.1, 0.15) is 17.4 Å². The number of nitriles is 1. The van der Waals surface area contributed by atoms with Crippen LogP contribution in [0.4, 0.5) is 4.39 Å². The number of ether oxygens (including phenoxy) is 1. The minimum atomic E-state index is -0.709. The average molecular weight is 305 g/mol. The molecular formula is C9H5FINO2. The maximum atomic E-state index is 13.2. The Hall–Kier alpha value is -1.16. The van der Waals surface area contributed by atoms with Gasteiger partial charge < -0.3 is 4.74 Å². The molecule has 0 bridgehead atoms. The molecule has 0 heterocycles. The molecule has 0 atom stereocenters. The van der Waals surface area contributed by atoms with E-state index in [-0.39, 0.29) is 11.1 Å². The minimum Gasteiger partial charge on any atom is -0.465 e. The Morgan fingerprint density at radius 2 is 2.29 bits per heavy atom. The summed E-state index contributed by atoms with van der Waals surface area (Å²) in [6.45, 7) is 0. The highest BCUT2D eigenvalue weighted by molar-refractivity contribution is 14.1. The van der Waals surface area contributed by atoms with Crippen molar-refractivity contribution in [2.75, 3.05) is 7.11 Å². The normalized spacial score (nSPS) is 9.29. The number of hydrogen-bond acceptors (Lipinski definition) is 3. The first-order valence-corrected chi connectivity index (χ1v) is 4.65. The Morgan fingerprint density at radius 1 is 1.64 bits per heavy atom. The average Bonchev–Trinajstić information content (AvgIpc) is 2.16. The van der Waals surface area contributed by atoms with Crippen LogP contribution in [-0.2, 0) is 4.74 Å². The van der Waals surface area contributed by atoms with Crippen molar-refractivity contribution >= 4 is 28.6 Å². The summed E-state index contributed by atoms with van der Waals surface area (Å²) >= 11 is 1.79. The van der Waals surface area contributed by atoms with E-state index in [1.165, 1.54) is 13.2 Å². The zero-order valence-electron chi connectivity index (χ0n) is 7.17. The quantitative estimate of drug-likeness (QED) is 0.590. The number of hydrogen-bond donors (Lipinski definition) is 0. The van der Waals surface area contributed by atoms with Gasteiger partial charge in [0.15, 0.2) is 0 Å². The number of benzene rings is 1. The SMILES string of the molecule is COC(=O)c1cc(F)c(C#N)c(I)c1. The van der Waals surface area contributed by atoms with E-state index in [1.54, 1.807) is 28.7 Å². The van der Waals surface area contributed by atoms with E-state index in [1.807, 2.05) is 0 Å². The molecule has 1 aromatic carbocycles. The molecule has 0 saturated heterocycles. The fraction of sp³-hybridized carbons (Fsp3) is 0.111. The molecule has 3 nitrogen and oxygen atoms in total. The van der Waals surface area contributed by atoms with Crippen molar-refractivity contribution in [1.29, 1.82) is 5.26 Å². The van der Waals surface area contributed by atoms with Crippen molar-refractivity contribution in [3.05, 3.63) is 32.6 Å². The van der Waals surface area contributed by atoms with Gasteiger partial charge in [-0.1, -0.05) is 0 Å². The van der Waals surface area contributed by atoms with Crippen molar-refractivity contribution in [2.24, 2.45) is 0 Å². The molecule has 0 aliphatic rings. The Kier molecular flexibility index (Phi) is 3.41. The Balaban J connectivity index is 3.29. The third kappa shape index (κ3) is 2.01. The summed E-state index contributed by atoms with van der Waals surface area (Å²) in [5.41, 5.74) is 0.0478. The van der Waals surface area contributed by atoms with E-state index in [9.17, 15) is 9.18 Å². The summed E-state index contributed by atoms with van der Waals surface area (Å²) in [6.07, 6.45) is 0. The number of nitrogens with zero attached hydrogens (tertiary/aromatic N) is 1. The number of esters is 1. The second-order valence-corrected chi connectivity index (χ2v) is 3.58. The van der Waals surface area contributed by atoms with Crippen LogP contribution in [0.3, 0.4) is 0 Å². The van der Waals surface area contributed by atoms with Gasteiger partial charge in [0.2, 0.25) is 0 Å². The first-order chi connectivity index (χ1) is 6.60. The molecule has 5 heteroatoms. The lowest BCUT2D eigenvalue weighted by molar-refractivity contribution is 0.0600. The van der Waals surface area contributed by atoms with Gasteiger partial charge in [-0.25, -0.2) is 9.18 Å². The van der Waals surface area contributed by atoms with Crippen LogP contribution in [0.25, 0.3) is 0 Å². The third-order valence-electron chi connectivity index (χ3n) is 1.58. The van der Waals surface area contributed by atoms with Crippen molar-refractivity contribution in [1.82, 2.24) is 0 Å². The van der Waals surface area contributed by atoms with E-state index in [4.69, 9.17) is 5.26 Å². The van der Waals surface area contributed by atoms with Gasteiger partial charge >= 0.3 is 5.97 Å². The lowest BCUT2D eigenvalue weighted by Gasteiger charge is -2.02. The monoisotopic (exact) mass is 305 g/mol. The topological polar surface area (TPSA) is 50.1 Å². The number of carbonyl (C=O) groups excluding carboxylic acids is 1. The highest BCUT2D eigenvalue weighted by atomic mass is 127. The molecule has 72 valence electrons. The smallest absolute Gasteiger partial charge is 0.337 e. The summed E-state index contributed by atoms with van der Waals surface area (Å²) in [6, 6.07) is 4.12. The van der Waals surface area contributed by atoms with E-state index >= 15 is 0 Å². The molecule has 0 aliphatic carbocycles. The number of carbonyl (C=O) groups is 1. The summed E-state index contributed by atoms with van der Waals surface area (Å²) < 4.78 is 18.0. The number of rotatable bonds is 1. The van der Waals surface area contributed by atoms with E-state index in [0.29, 0.717) is 3.57 Å². The lowest BCUT2D eigenvalue weighted by Crippen LogP contribution is -2.03. The van der Waals surface area contributed by atoms with E-state index in [0.717, 1.165) is 6.07 Å². The standard InChI is InChI=1S/C9H5FINO2/c1-14-9(13)5-2-7(10)6(4-12)8(11)3-5/h2-3H,1H3. The van der Waals surface area contributed by atoms with Crippen LogP contribution in [0.5, 0.6) is 0 Å². The molecule has 0 unspecified atom stereocenters. The first-order valence-electron chi connectivity index (χ1n) is 3.57. The van der Waals surface area contributed by atoms with Gasteiger partial charge in [0, 0.05) is 3.57 Å². The molecule has 0 aromatic heterocycles. The van der Waals surface area contributed by atoms with Gasteiger partial charge in [-0.05, 0) is 34.7 Å². The van der Waals surface area contributed by atoms with Crippen molar-refractivity contribution in [2.45, 2.75) is 0 Å². The maximum Gasteiger partial charge on any atom is 0.337 e. The summed E-state index contributed by atoms with van der Waals surface area (Å²) in [5, 5.41) is 8.57. The Bertz CT molecular complexity index is 402. The van der Waals surface area contributed by atoms with Crippen LogP contribution >= 0.6 is 22.6 Å². The predicted octanol–water partition coefficient (Wildman–Crippen LogP) is 2.09. The van der Waals surface area contributed by atoms with Crippen LogP contribution in [0.2, 0.25) is 0 Å². The first kappa shape index (κ1) is 10.9. The van der Waals surface area contributed by atoms with Gasteiger partial charge in [-0.2, -0.15) is 5.26 Å². The van der Waals surface area contributed by atoms with Crippen molar-refractivity contribution in [3.63, 3.8) is 0 Å². The largest absolute Gasteiger partial charge is 0.465 e. The van der Waals surface area contributed by atoms with Crippen molar-refractivity contribution < 1.29 is 13.9 Å². The van der Waals surface area contributed by atoms with Crippen LogP contribution in [0.15, 0.2) is 12.1 Å². The molecule has 0 saturated carbocycles. The molecule has 0 amide bonds. The molecule has 1 rings (SSSR count). The molecule has 0 N–H and O–H groups in total. The zero-order valence-corrected chi connectivity index (χ0v) is 9.33. The van der Waals surface area contributed by atoms with Gasteiger partial charge in [0.05, 0.1) is 12.7 Å². The fourth-order valence-electron chi connectivity index (χ4n) is 0.916. The zero-order chi connectivity index (χ0) is 10.7. The fourth-order valence-corrected chi connectivity index (χ4v) is 1.63. The molecule has 14 heavy (non-hydrogen) atoms. The predicted molar refractivity (Wildman–Crippen MR) is 55.2 cm³/mol.